The monoisotopic (exact) mass is 409 g/mol. The second-order valence-corrected chi connectivity index (χ2v) is 10.3. The molecule has 3 aliphatic rings. The molecule has 1 atom stereocenters. The fourth-order valence-electron chi connectivity index (χ4n) is 4.84. The van der Waals surface area contributed by atoms with Crippen LogP contribution >= 0.6 is 0 Å². The molecule has 3 saturated heterocycles. The number of hydrogen-bond acceptors (Lipinski definition) is 5. The minimum atomic E-state index is -3.51. The van der Waals surface area contributed by atoms with Crippen molar-refractivity contribution in [3.63, 3.8) is 0 Å². The first kappa shape index (κ1) is 19.8. The van der Waals surface area contributed by atoms with Crippen LogP contribution in [-0.2, 0) is 21.9 Å². The molecule has 1 aromatic rings. The van der Waals surface area contributed by atoms with Gasteiger partial charge < -0.3 is 9.47 Å². The van der Waals surface area contributed by atoms with Crippen LogP contribution in [0.2, 0.25) is 0 Å². The molecule has 0 bridgehead atoms. The van der Waals surface area contributed by atoms with E-state index >= 15 is 0 Å². The maximum absolute atomic E-state index is 12.8. The summed E-state index contributed by atoms with van der Waals surface area (Å²) < 4.78 is 28.7. The number of carbonyl (C=O) groups is 1. The number of amides is 1. The number of aromatic nitrogens is 2. The Morgan fingerprint density at radius 1 is 1.04 bits per heavy atom. The lowest BCUT2D eigenvalue weighted by molar-refractivity contribution is -0.136. The number of sulfonamides is 1. The van der Waals surface area contributed by atoms with Crippen molar-refractivity contribution in [3.8, 4) is 0 Å². The van der Waals surface area contributed by atoms with E-state index in [-0.39, 0.29) is 10.9 Å². The maximum Gasteiger partial charge on any atom is 0.262 e. The number of carbonyl (C=O) groups excluding carboxylic acids is 1. The molecule has 28 heavy (non-hydrogen) atoms. The molecule has 3 fully saturated rings. The molecule has 0 N–H and O–H groups in total. The van der Waals surface area contributed by atoms with Crippen LogP contribution in [0, 0.1) is 5.92 Å². The molecule has 9 heteroatoms. The summed E-state index contributed by atoms with van der Waals surface area (Å²) in [4.78, 5) is 21.3. The summed E-state index contributed by atoms with van der Waals surface area (Å²) in [6.45, 7) is 4.71. The van der Waals surface area contributed by atoms with Crippen molar-refractivity contribution in [2.24, 2.45) is 13.0 Å². The van der Waals surface area contributed by atoms with E-state index in [1.54, 1.807) is 22.1 Å². The van der Waals surface area contributed by atoms with Gasteiger partial charge in [0.2, 0.25) is 5.91 Å². The zero-order valence-electron chi connectivity index (χ0n) is 16.7. The normalized spacial score (nSPS) is 26.0. The average molecular weight is 410 g/mol. The first-order valence-electron chi connectivity index (χ1n) is 10.5. The van der Waals surface area contributed by atoms with Gasteiger partial charge in [-0.2, -0.15) is 4.31 Å². The maximum atomic E-state index is 12.8. The summed E-state index contributed by atoms with van der Waals surface area (Å²) in [5.74, 6) is 0.444. The number of hydrogen-bond donors (Lipinski definition) is 0. The van der Waals surface area contributed by atoms with E-state index in [4.69, 9.17) is 0 Å². The fourth-order valence-corrected chi connectivity index (χ4v) is 6.27. The van der Waals surface area contributed by atoms with Crippen molar-refractivity contribution in [3.05, 3.63) is 12.5 Å². The third-order valence-electron chi connectivity index (χ3n) is 6.45. The fraction of sp³-hybridized carbons (Fsp3) is 0.789. The van der Waals surface area contributed by atoms with Gasteiger partial charge in [-0.3, -0.25) is 9.69 Å². The van der Waals surface area contributed by atoms with E-state index in [0.29, 0.717) is 25.0 Å². The van der Waals surface area contributed by atoms with Crippen molar-refractivity contribution >= 4 is 15.9 Å². The number of nitrogens with zero attached hydrogens (tertiary/aromatic N) is 5. The molecule has 4 rings (SSSR count). The van der Waals surface area contributed by atoms with Gasteiger partial charge >= 0.3 is 0 Å². The van der Waals surface area contributed by atoms with E-state index < -0.39 is 10.0 Å². The number of rotatable bonds is 4. The Bertz CT molecular complexity index is 794. The Balaban J connectivity index is 1.33. The average Bonchev–Trinajstić information content (AvgIpc) is 3.40. The van der Waals surface area contributed by atoms with Crippen molar-refractivity contribution in [1.29, 1.82) is 0 Å². The summed E-state index contributed by atoms with van der Waals surface area (Å²) >= 11 is 0. The molecule has 8 nitrogen and oxygen atoms in total. The molecule has 0 radical (unpaired) electrons. The number of likely N-dealkylation sites (tertiary alicyclic amines) is 2. The highest BCUT2D eigenvalue weighted by Gasteiger charge is 2.36. The van der Waals surface area contributed by atoms with Crippen LogP contribution in [0.1, 0.15) is 38.5 Å². The highest BCUT2D eigenvalue weighted by molar-refractivity contribution is 7.89. The SMILES string of the molecule is Cn1cnc(S(=O)(=O)N2CCC(N3CCCC(C(=O)N4CCCC4)C3)CC2)c1. The third-order valence-corrected chi connectivity index (χ3v) is 8.23. The van der Waals surface area contributed by atoms with Gasteiger partial charge in [-0.25, -0.2) is 13.4 Å². The van der Waals surface area contributed by atoms with Crippen LogP contribution in [0.5, 0.6) is 0 Å². The van der Waals surface area contributed by atoms with Gasteiger partial charge in [-0.05, 0) is 45.1 Å². The molecule has 1 unspecified atom stereocenters. The second kappa shape index (κ2) is 8.12. The summed E-state index contributed by atoms with van der Waals surface area (Å²) in [6.07, 6.45) is 9.01. The summed E-state index contributed by atoms with van der Waals surface area (Å²) in [5, 5.41) is 0.127. The standard InChI is InChI=1S/C19H31N5O3S/c1-21-14-18(20-15-21)28(26,27)24-11-6-17(7-12-24)23-10-4-5-16(13-23)19(25)22-8-2-3-9-22/h14-17H,2-13H2,1H3. The minimum absolute atomic E-state index is 0.113. The van der Waals surface area contributed by atoms with Crippen molar-refractivity contribution in [1.82, 2.24) is 23.7 Å². The van der Waals surface area contributed by atoms with Crippen LogP contribution < -0.4 is 0 Å². The quantitative estimate of drug-likeness (QED) is 0.739. The molecular formula is C19H31N5O3S. The molecule has 156 valence electrons. The molecule has 0 saturated carbocycles. The van der Waals surface area contributed by atoms with Gasteiger partial charge in [-0.15, -0.1) is 0 Å². The molecule has 4 heterocycles. The topological polar surface area (TPSA) is 78.8 Å². The zero-order chi connectivity index (χ0) is 19.7. The van der Waals surface area contributed by atoms with E-state index in [1.165, 1.54) is 6.33 Å². The zero-order valence-corrected chi connectivity index (χ0v) is 17.5. The first-order chi connectivity index (χ1) is 13.4. The predicted octanol–water partition coefficient (Wildman–Crippen LogP) is 0.908. The van der Waals surface area contributed by atoms with Crippen molar-refractivity contribution in [2.45, 2.75) is 49.6 Å². The first-order valence-corrected chi connectivity index (χ1v) is 11.9. The van der Waals surface area contributed by atoms with Crippen molar-refractivity contribution in [2.75, 3.05) is 39.3 Å². The predicted molar refractivity (Wildman–Crippen MR) is 105 cm³/mol. The van der Waals surface area contributed by atoms with Gasteiger partial charge in [0.05, 0.1) is 12.2 Å². The van der Waals surface area contributed by atoms with Gasteiger partial charge in [-0.1, -0.05) is 0 Å². The Labute approximate surface area is 167 Å². The second-order valence-electron chi connectivity index (χ2n) is 8.38. The lowest BCUT2D eigenvalue weighted by Crippen LogP contribution is -2.51. The third kappa shape index (κ3) is 3.97. The number of aryl methyl sites for hydroxylation is 1. The summed E-state index contributed by atoms with van der Waals surface area (Å²) in [7, 11) is -1.74. The van der Waals surface area contributed by atoms with Gasteiger partial charge in [0.25, 0.3) is 10.0 Å². The van der Waals surface area contributed by atoms with E-state index in [0.717, 1.165) is 64.7 Å². The summed E-state index contributed by atoms with van der Waals surface area (Å²) in [6, 6.07) is 0.365. The van der Waals surface area contributed by atoms with Crippen LogP contribution in [-0.4, -0.2) is 83.3 Å². The highest BCUT2D eigenvalue weighted by atomic mass is 32.2. The van der Waals surface area contributed by atoms with Gasteiger partial charge in [0.15, 0.2) is 5.03 Å². The van der Waals surface area contributed by atoms with Gasteiger partial charge in [0.1, 0.15) is 0 Å². The molecule has 1 amide bonds. The molecule has 3 aliphatic heterocycles. The molecule has 0 spiro atoms. The van der Waals surface area contributed by atoms with E-state index in [1.807, 2.05) is 4.90 Å². The Morgan fingerprint density at radius 3 is 2.39 bits per heavy atom. The Hall–Kier alpha value is -1.45. The van der Waals surface area contributed by atoms with E-state index in [9.17, 15) is 13.2 Å². The highest BCUT2D eigenvalue weighted by Crippen LogP contribution is 2.27. The Kier molecular flexibility index (Phi) is 5.76. The van der Waals surface area contributed by atoms with Crippen molar-refractivity contribution < 1.29 is 13.2 Å². The van der Waals surface area contributed by atoms with E-state index in [2.05, 4.69) is 9.88 Å². The van der Waals surface area contributed by atoms with Crippen LogP contribution in [0.25, 0.3) is 0 Å². The Morgan fingerprint density at radius 2 is 1.75 bits per heavy atom. The molecule has 1 aromatic heterocycles. The molecule has 0 aliphatic carbocycles. The number of piperidine rings is 2. The van der Waals surface area contributed by atoms with Crippen LogP contribution in [0.15, 0.2) is 17.6 Å². The van der Waals surface area contributed by atoms with Crippen LogP contribution in [0.4, 0.5) is 0 Å². The smallest absolute Gasteiger partial charge is 0.262 e. The minimum Gasteiger partial charge on any atom is -0.342 e. The molecule has 0 aromatic carbocycles. The number of imidazole rings is 1. The van der Waals surface area contributed by atoms with Crippen LogP contribution in [0.3, 0.4) is 0 Å². The lowest BCUT2D eigenvalue weighted by Gasteiger charge is -2.42. The van der Waals surface area contributed by atoms with Gasteiger partial charge in [0, 0.05) is 52.0 Å². The molecular weight excluding hydrogens is 378 g/mol. The largest absolute Gasteiger partial charge is 0.342 e. The lowest BCUT2D eigenvalue weighted by atomic mass is 9.93. The summed E-state index contributed by atoms with van der Waals surface area (Å²) in [5.41, 5.74) is 0.